The number of esters is 1. The van der Waals surface area contributed by atoms with Crippen molar-refractivity contribution in [2.75, 3.05) is 33.0 Å². The number of hydrogen-bond acceptors (Lipinski definition) is 5. The van der Waals surface area contributed by atoms with Gasteiger partial charge in [-0.15, -0.1) is 0 Å². The summed E-state index contributed by atoms with van der Waals surface area (Å²) in [5, 5.41) is 10.4. The lowest BCUT2D eigenvalue weighted by Crippen LogP contribution is -2.67. The van der Waals surface area contributed by atoms with Gasteiger partial charge in [0, 0.05) is 6.61 Å². The molecule has 0 aromatic carbocycles. The number of hydrogen-bond donors (Lipinski definition) is 1. The van der Waals surface area contributed by atoms with Crippen LogP contribution in [0.5, 0.6) is 0 Å². The topological polar surface area (TPSA) is 65.0 Å². The van der Waals surface area contributed by atoms with E-state index >= 15 is 0 Å². The summed E-state index contributed by atoms with van der Waals surface area (Å²) < 4.78 is 15.5. The molecule has 0 amide bonds. The summed E-state index contributed by atoms with van der Waals surface area (Å²) in [4.78, 5) is 12.0. The van der Waals surface area contributed by atoms with Crippen molar-refractivity contribution in [3.05, 3.63) is 0 Å². The average Bonchev–Trinajstić information content (AvgIpc) is 2.27. The minimum Gasteiger partial charge on any atom is -0.465 e. The molecule has 0 saturated carbocycles. The Bertz CT molecular complexity index is 266. The van der Waals surface area contributed by atoms with Gasteiger partial charge in [-0.05, 0) is 19.8 Å². The van der Waals surface area contributed by atoms with Crippen molar-refractivity contribution in [3.8, 4) is 0 Å². The van der Waals surface area contributed by atoms with Crippen LogP contribution in [-0.2, 0) is 19.0 Å². The molecule has 2 rings (SSSR count). The summed E-state index contributed by atoms with van der Waals surface area (Å²) in [6.45, 7) is 3.32. The highest BCUT2D eigenvalue weighted by molar-refractivity contribution is 5.79. The molecule has 1 N–H and O–H groups in total. The van der Waals surface area contributed by atoms with Crippen LogP contribution in [0.3, 0.4) is 0 Å². The lowest BCUT2D eigenvalue weighted by molar-refractivity contribution is -0.264. The summed E-state index contributed by atoms with van der Waals surface area (Å²) >= 11 is 0. The van der Waals surface area contributed by atoms with Crippen molar-refractivity contribution < 1.29 is 24.1 Å². The van der Waals surface area contributed by atoms with E-state index in [1.54, 1.807) is 6.92 Å². The van der Waals surface area contributed by atoms with Gasteiger partial charge in [-0.3, -0.25) is 4.79 Å². The third-order valence-corrected chi connectivity index (χ3v) is 3.48. The van der Waals surface area contributed by atoms with E-state index in [-0.39, 0.29) is 25.8 Å². The molecule has 0 aliphatic carbocycles. The fourth-order valence-electron chi connectivity index (χ4n) is 2.35. The van der Waals surface area contributed by atoms with Crippen LogP contribution in [0.4, 0.5) is 0 Å². The largest absolute Gasteiger partial charge is 0.465 e. The van der Waals surface area contributed by atoms with Crippen LogP contribution < -0.4 is 0 Å². The van der Waals surface area contributed by atoms with Crippen LogP contribution in [0.25, 0.3) is 0 Å². The van der Waals surface area contributed by atoms with E-state index in [2.05, 4.69) is 0 Å². The first-order chi connectivity index (χ1) is 7.65. The summed E-state index contributed by atoms with van der Waals surface area (Å²) in [5.74, 6) is -0.361. The van der Waals surface area contributed by atoms with Gasteiger partial charge < -0.3 is 19.3 Å². The zero-order valence-corrected chi connectivity index (χ0v) is 9.53. The van der Waals surface area contributed by atoms with Gasteiger partial charge in [-0.1, -0.05) is 0 Å². The molecule has 5 nitrogen and oxygen atoms in total. The molecule has 92 valence electrons. The second-order valence-electron chi connectivity index (χ2n) is 4.48. The molecule has 16 heavy (non-hydrogen) atoms. The van der Waals surface area contributed by atoms with Crippen molar-refractivity contribution >= 4 is 5.97 Å². The molecule has 5 heteroatoms. The zero-order chi connectivity index (χ0) is 11.6. The Balaban J connectivity index is 2.20. The van der Waals surface area contributed by atoms with Gasteiger partial charge in [0.15, 0.2) is 0 Å². The second kappa shape index (κ2) is 4.31. The fraction of sp³-hybridized carbons (Fsp3) is 0.909. The molecule has 0 aromatic rings. The maximum atomic E-state index is 12.0. The van der Waals surface area contributed by atoms with E-state index in [1.807, 2.05) is 0 Å². The molecule has 2 aliphatic heterocycles. The normalized spacial score (nSPS) is 32.9. The molecule has 0 aromatic heterocycles. The van der Waals surface area contributed by atoms with Gasteiger partial charge in [0.05, 0.1) is 26.4 Å². The highest BCUT2D eigenvalue weighted by Crippen LogP contribution is 2.44. The van der Waals surface area contributed by atoms with Crippen LogP contribution in [-0.4, -0.2) is 49.7 Å². The predicted molar refractivity (Wildman–Crippen MR) is 54.9 cm³/mol. The van der Waals surface area contributed by atoms with Gasteiger partial charge in [0.1, 0.15) is 11.0 Å². The number of aliphatic hydroxyl groups is 1. The summed E-state index contributed by atoms with van der Waals surface area (Å²) in [5.41, 5.74) is -2.04. The van der Waals surface area contributed by atoms with Crippen LogP contribution in [0.2, 0.25) is 0 Å². The second-order valence-corrected chi connectivity index (χ2v) is 4.48. The Labute approximate surface area is 94.7 Å². The van der Waals surface area contributed by atoms with Crippen molar-refractivity contribution in [3.63, 3.8) is 0 Å². The molecule has 0 radical (unpaired) electrons. The Hall–Kier alpha value is -0.650. The monoisotopic (exact) mass is 230 g/mol. The van der Waals surface area contributed by atoms with E-state index < -0.39 is 11.0 Å². The maximum Gasteiger partial charge on any atom is 0.317 e. The molecular weight excluding hydrogens is 212 g/mol. The van der Waals surface area contributed by atoms with Gasteiger partial charge in [-0.2, -0.15) is 0 Å². The third-order valence-electron chi connectivity index (χ3n) is 3.48. The average molecular weight is 230 g/mol. The molecule has 2 fully saturated rings. The first-order valence-corrected chi connectivity index (χ1v) is 5.70. The Morgan fingerprint density at radius 2 is 2.12 bits per heavy atom. The standard InChI is InChI=1S/C11H18O5/c1-2-16-9(12)10(4-3-5-14-6-10)11(13)7-15-8-11/h13H,2-8H2,1H3. The van der Waals surface area contributed by atoms with E-state index in [0.29, 0.717) is 19.6 Å². The van der Waals surface area contributed by atoms with Crippen molar-refractivity contribution in [2.24, 2.45) is 5.41 Å². The van der Waals surface area contributed by atoms with E-state index in [0.717, 1.165) is 6.42 Å². The zero-order valence-electron chi connectivity index (χ0n) is 9.53. The van der Waals surface area contributed by atoms with Crippen LogP contribution in [0.15, 0.2) is 0 Å². The fourth-order valence-corrected chi connectivity index (χ4v) is 2.35. The van der Waals surface area contributed by atoms with E-state index in [4.69, 9.17) is 14.2 Å². The van der Waals surface area contributed by atoms with Crippen molar-refractivity contribution in [1.82, 2.24) is 0 Å². The van der Waals surface area contributed by atoms with E-state index in [1.165, 1.54) is 0 Å². The predicted octanol–water partition coefficient (Wildman–Crippen LogP) is 0.108. The van der Waals surface area contributed by atoms with Crippen molar-refractivity contribution in [2.45, 2.75) is 25.4 Å². The quantitative estimate of drug-likeness (QED) is 0.697. The first kappa shape index (κ1) is 11.8. The van der Waals surface area contributed by atoms with Gasteiger partial charge in [-0.25, -0.2) is 0 Å². The van der Waals surface area contributed by atoms with Gasteiger partial charge in [0.2, 0.25) is 0 Å². The molecule has 0 spiro atoms. The SMILES string of the molecule is CCOC(=O)C1(C2(O)COC2)CCCOC1. The maximum absolute atomic E-state index is 12.0. The lowest BCUT2D eigenvalue weighted by atomic mass is 9.67. The molecule has 2 saturated heterocycles. The summed E-state index contributed by atoms with van der Waals surface area (Å²) in [6, 6.07) is 0. The molecule has 0 bridgehead atoms. The number of rotatable bonds is 3. The highest BCUT2D eigenvalue weighted by atomic mass is 16.6. The number of carbonyl (C=O) groups is 1. The van der Waals surface area contributed by atoms with Gasteiger partial charge >= 0.3 is 5.97 Å². The smallest absolute Gasteiger partial charge is 0.317 e. The Kier molecular flexibility index (Phi) is 3.19. The molecule has 1 atom stereocenters. The van der Waals surface area contributed by atoms with Crippen molar-refractivity contribution in [1.29, 1.82) is 0 Å². The minimum absolute atomic E-state index is 0.190. The molecule has 2 aliphatic rings. The molecule has 1 unspecified atom stereocenters. The molecule has 2 heterocycles. The van der Waals surface area contributed by atoms with Gasteiger partial charge in [0.25, 0.3) is 0 Å². The number of ether oxygens (including phenoxy) is 3. The van der Waals surface area contributed by atoms with Crippen LogP contribution in [0, 0.1) is 5.41 Å². The first-order valence-electron chi connectivity index (χ1n) is 5.70. The summed E-state index contributed by atoms with van der Waals surface area (Å²) in [6.07, 6.45) is 1.37. The van der Waals surface area contributed by atoms with E-state index in [9.17, 15) is 9.90 Å². The number of carbonyl (C=O) groups excluding carboxylic acids is 1. The summed E-state index contributed by atoms with van der Waals surface area (Å²) in [7, 11) is 0. The molecular formula is C11H18O5. The highest BCUT2D eigenvalue weighted by Gasteiger charge is 2.61. The van der Waals surface area contributed by atoms with Crippen LogP contribution >= 0.6 is 0 Å². The Morgan fingerprint density at radius 3 is 2.56 bits per heavy atom. The Morgan fingerprint density at radius 1 is 1.38 bits per heavy atom. The third kappa shape index (κ3) is 1.63. The minimum atomic E-state index is -1.11. The lowest BCUT2D eigenvalue weighted by Gasteiger charge is -2.51. The van der Waals surface area contributed by atoms with Crippen LogP contribution in [0.1, 0.15) is 19.8 Å².